The molecule has 0 N–H and O–H groups in total. The fourth-order valence-electron chi connectivity index (χ4n) is 3.39. The van der Waals surface area contributed by atoms with E-state index >= 15 is 0 Å². The van der Waals surface area contributed by atoms with Crippen molar-refractivity contribution in [1.82, 2.24) is 39.1 Å². The zero-order valence-corrected chi connectivity index (χ0v) is 16.6. The third-order valence-corrected chi connectivity index (χ3v) is 4.55. The lowest BCUT2D eigenvalue weighted by atomic mass is 10.1. The number of nitrogens with zero attached hydrogens (tertiary/aromatic N) is 8. The molecule has 0 spiro atoms. The van der Waals surface area contributed by atoms with Crippen LogP contribution < -0.4 is 0 Å². The van der Waals surface area contributed by atoms with Crippen molar-refractivity contribution >= 4 is 5.65 Å². The van der Waals surface area contributed by atoms with E-state index in [1.807, 2.05) is 49.1 Å². The van der Waals surface area contributed by atoms with E-state index in [1.54, 1.807) is 10.9 Å². The number of fused-ring (bicyclic) bond motifs is 1. The monoisotopic (exact) mass is 364 g/mol. The summed E-state index contributed by atoms with van der Waals surface area (Å²) in [6.07, 6.45) is 2.57. The molecule has 0 fully saturated rings. The third-order valence-electron chi connectivity index (χ3n) is 4.55. The predicted molar refractivity (Wildman–Crippen MR) is 103 cm³/mol. The largest absolute Gasteiger partial charge is 0.251 e. The van der Waals surface area contributed by atoms with E-state index in [4.69, 9.17) is 20.2 Å². The highest BCUT2D eigenvalue weighted by molar-refractivity contribution is 5.76. The lowest BCUT2D eigenvalue weighted by Crippen LogP contribution is -2.07. The van der Waals surface area contributed by atoms with Crippen LogP contribution in [0, 0.1) is 26.7 Å². The van der Waals surface area contributed by atoms with Gasteiger partial charge in [0.15, 0.2) is 23.1 Å². The highest BCUT2D eigenvalue weighted by Gasteiger charge is 2.23. The van der Waals surface area contributed by atoms with Gasteiger partial charge < -0.3 is 0 Å². The molecule has 0 aromatic carbocycles. The number of hydrogen-bond donors (Lipinski definition) is 0. The highest BCUT2D eigenvalue weighted by Crippen LogP contribution is 2.29. The van der Waals surface area contributed by atoms with Gasteiger partial charge in [-0.1, -0.05) is 13.8 Å². The maximum Gasteiger partial charge on any atom is 0.170 e. The van der Waals surface area contributed by atoms with Gasteiger partial charge in [0.25, 0.3) is 0 Å². The first-order valence-corrected chi connectivity index (χ1v) is 9.13. The lowest BCUT2D eigenvalue weighted by molar-refractivity contribution is 0.614. The Morgan fingerprint density at radius 3 is 2.52 bits per heavy atom. The predicted octanol–water partition coefficient (Wildman–Crippen LogP) is 2.83. The van der Waals surface area contributed by atoms with E-state index in [9.17, 15) is 0 Å². The summed E-state index contributed by atoms with van der Waals surface area (Å²) in [6, 6.07) is 3.96. The molecule has 27 heavy (non-hydrogen) atoms. The molecule has 8 heteroatoms. The van der Waals surface area contributed by atoms with Gasteiger partial charge in [-0.2, -0.15) is 14.9 Å². The molecular weight excluding hydrogens is 340 g/mol. The second kappa shape index (κ2) is 6.29. The Bertz CT molecular complexity index is 1130. The maximum atomic E-state index is 4.88. The molecular formula is C19H24N8. The molecule has 0 aliphatic carbocycles. The zero-order chi connectivity index (χ0) is 19.3. The average molecular weight is 364 g/mol. The minimum absolute atomic E-state index is 0.466. The molecule has 140 valence electrons. The van der Waals surface area contributed by atoms with Crippen LogP contribution in [0.15, 0.2) is 18.3 Å². The van der Waals surface area contributed by atoms with Gasteiger partial charge in [0, 0.05) is 30.9 Å². The van der Waals surface area contributed by atoms with Crippen LogP contribution in [-0.2, 0) is 13.5 Å². The standard InChI is InChI=1S/C19H24N8/c1-11(2)9-15-22-19(27(24-15)16-7-8-20-25(16)6)17-14(5)23-26-13(4)10-12(3)21-18(17)26/h7-8,10-11H,9H2,1-6H3. The molecule has 0 aliphatic heterocycles. The first-order chi connectivity index (χ1) is 12.8. The van der Waals surface area contributed by atoms with Crippen molar-refractivity contribution in [3.63, 3.8) is 0 Å². The Kier molecular flexibility index (Phi) is 4.05. The summed E-state index contributed by atoms with van der Waals surface area (Å²) >= 11 is 0. The van der Waals surface area contributed by atoms with Crippen LogP contribution in [0.3, 0.4) is 0 Å². The lowest BCUT2D eigenvalue weighted by Gasteiger charge is -2.06. The van der Waals surface area contributed by atoms with Crippen molar-refractivity contribution in [1.29, 1.82) is 0 Å². The van der Waals surface area contributed by atoms with E-state index in [-0.39, 0.29) is 0 Å². The molecule has 0 saturated carbocycles. The zero-order valence-electron chi connectivity index (χ0n) is 16.6. The molecule has 0 aliphatic rings. The second-order valence-corrected chi connectivity index (χ2v) is 7.41. The Hall–Kier alpha value is -3.03. The molecule has 0 atom stereocenters. The first-order valence-electron chi connectivity index (χ1n) is 9.13. The number of aromatic nitrogens is 8. The van der Waals surface area contributed by atoms with E-state index < -0.39 is 0 Å². The van der Waals surface area contributed by atoms with Crippen molar-refractivity contribution in [3.05, 3.63) is 41.2 Å². The Morgan fingerprint density at radius 2 is 1.85 bits per heavy atom. The van der Waals surface area contributed by atoms with Crippen LogP contribution >= 0.6 is 0 Å². The van der Waals surface area contributed by atoms with Gasteiger partial charge in [-0.15, -0.1) is 5.10 Å². The minimum atomic E-state index is 0.466. The molecule has 4 aromatic rings. The SMILES string of the molecule is Cc1cc(C)n2nc(C)c(-c3nc(CC(C)C)nn3-c3ccnn3C)c2n1. The van der Waals surface area contributed by atoms with Gasteiger partial charge in [-0.25, -0.2) is 14.5 Å². The fraction of sp³-hybridized carbons (Fsp3) is 0.421. The number of rotatable bonds is 4. The van der Waals surface area contributed by atoms with Crippen LogP contribution in [0.1, 0.15) is 36.8 Å². The Balaban J connectivity index is 2.01. The first kappa shape index (κ1) is 17.4. The average Bonchev–Trinajstić information content (AvgIpc) is 3.24. The van der Waals surface area contributed by atoms with E-state index in [0.29, 0.717) is 5.92 Å². The molecule has 0 unspecified atom stereocenters. The van der Waals surface area contributed by atoms with E-state index in [2.05, 4.69) is 18.9 Å². The van der Waals surface area contributed by atoms with Crippen LogP contribution in [0.2, 0.25) is 0 Å². The van der Waals surface area contributed by atoms with Crippen LogP contribution in [0.25, 0.3) is 22.9 Å². The summed E-state index contributed by atoms with van der Waals surface area (Å²) in [5.74, 6) is 2.88. The summed E-state index contributed by atoms with van der Waals surface area (Å²) in [5.41, 5.74) is 4.58. The quantitative estimate of drug-likeness (QED) is 0.556. The molecule has 0 amide bonds. The second-order valence-electron chi connectivity index (χ2n) is 7.41. The number of aryl methyl sites for hydroxylation is 4. The van der Waals surface area contributed by atoms with Gasteiger partial charge in [0.1, 0.15) is 0 Å². The molecule has 4 heterocycles. The van der Waals surface area contributed by atoms with Gasteiger partial charge in [-0.3, -0.25) is 4.68 Å². The highest BCUT2D eigenvalue weighted by atomic mass is 15.4. The molecule has 0 radical (unpaired) electrons. The van der Waals surface area contributed by atoms with Gasteiger partial charge in [0.2, 0.25) is 0 Å². The molecule has 8 nitrogen and oxygen atoms in total. The summed E-state index contributed by atoms with van der Waals surface area (Å²) in [5, 5.41) is 13.8. The molecule has 0 saturated heterocycles. The van der Waals surface area contributed by atoms with Crippen molar-refractivity contribution in [3.8, 4) is 17.2 Å². The van der Waals surface area contributed by atoms with Crippen molar-refractivity contribution < 1.29 is 0 Å². The van der Waals surface area contributed by atoms with Crippen molar-refractivity contribution in [2.24, 2.45) is 13.0 Å². The third kappa shape index (κ3) is 2.90. The van der Waals surface area contributed by atoms with Crippen LogP contribution in [-0.4, -0.2) is 39.1 Å². The summed E-state index contributed by atoms with van der Waals surface area (Å²) < 4.78 is 5.53. The van der Waals surface area contributed by atoms with Crippen LogP contribution in [0.5, 0.6) is 0 Å². The topological polar surface area (TPSA) is 78.7 Å². The van der Waals surface area contributed by atoms with Crippen molar-refractivity contribution in [2.45, 2.75) is 41.0 Å². The number of hydrogen-bond acceptors (Lipinski definition) is 5. The molecule has 4 aromatic heterocycles. The molecule has 0 bridgehead atoms. The minimum Gasteiger partial charge on any atom is -0.251 e. The van der Waals surface area contributed by atoms with Gasteiger partial charge >= 0.3 is 0 Å². The van der Waals surface area contributed by atoms with Crippen LogP contribution in [0.4, 0.5) is 0 Å². The Morgan fingerprint density at radius 1 is 1.07 bits per heavy atom. The fourth-order valence-corrected chi connectivity index (χ4v) is 3.39. The van der Waals surface area contributed by atoms with Gasteiger partial charge in [0.05, 0.1) is 17.5 Å². The maximum absolute atomic E-state index is 4.88. The summed E-state index contributed by atoms with van der Waals surface area (Å²) in [7, 11) is 1.90. The smallest absolute Gasteiger partial charge is 0.170 e. The molecule has 4 rings (SSSR count). The normalized spacial score (nSPS) is 11.8. The van der Waals surface area contributed by atoms with Crippen molar-refractivity contribution in [2.75, 3.05) is 0 Å². The summed E-state index contributed by atoms with van der Waals surface area (Å²) in [4.78, 5) is 9.62. The summed E-state index contributed by atoms with van der Waals surface area (Å²) in [6.45, 7) is 10.4. The Labute approximate surface area is 157 Å². The van der Waals surface area contributed by atoms with E-state index in [0.717, 1.165) is 52.2 Å². The van der Waals surface area contributed by atoms with Gasteiger partial charge in [-0.05, 0) is 32.8 Å². The van der Waals surface area contributed by atoms with E-state index in [1.165, 1.54) is 0 Å².